The number of anilines is 1. The van der Waals surface area contributed by atoms with Gasteiger partial charge in [-0.25, -0.2) is 9.18 Å². The Morgan fingerprint density at radius 3 is 2.31 bits per heavy atom. The predicted octanol–water partition coefficient (Wildman–Crippen LogP) is 3.07. The lowest BCUT2D eigenvalue weighted by molar-refractivity contribution is -0.116. The average molecular weight is 441 g/mol. The fourth-order valence-corrected chi connectivity index (χ4v) is 4.23. The van der Waals surface area contributed by atoms with E-state index in [4.69, 9.17) is 9.47 Å². The van der Waals surface area contributed by atoms with Crippen molar-refractivity contribution in [2.45, 2.75) is 38.3 Å². The lowest BCUT2D eigenvalue weighted by Gasteiger charge is -2.19. The van der Waals surface area contributed by atoms with Gasteiger partial charge in [0.05, 0.1) is 25.1 Å². The Balaban J connectivity index is 1.84. The Labute approximate surface area is 183 Å². The highest BCUT2D eigenvalue weighted by molar-refractivity contribution is 5.92. The molecule has 2 aromatic carbocycles. The molecule has 1 aliphatic carbocycles. The van der Waals surface area contributed by atoms with E-state index in [-0.39, 0.29) is 23.5 Å². The van der Waals surface area contributed by atoms with Gasteiger partial charge in [0, 0.05) is 17.8 Å². The first-order valence-electron chi connectivity index (χ1n) is 10.4. The topological polar surface area (TPSA) is 91.6 Å². The van der Waals surface area contributed by atoms with Crippen LogP contribution < -0.4 is 26.0 Å². The Bertz CT molecular complexity index is 1270. The molecule has 9 heteroatoms. The standard InChI is InChI=1S/C23H24FN3O5/c1-31-19-11-17-18(12-20(19)32-2)26(13-21(28)25-15-9-7-14(24)8-10-15)23(30)27(22(17)29)16-5-3-4-6-16/h7-12,16H,3-6,13H2,1-2H3,(H,25,28). The van der Waals surface area contributed by atoms with Crippen LogP contribution in [0.3, 0.4) is 0 Å². The Morgan fingerprint density at radius 2 is 1.69 bits per heavy atom. The van der Waals surface area contributed by atoms with Crippen LogP contribution in [0.5, 0.6) is 11.5 Å². The van der Waals surface area contributed by atoms with Crippen LogP contribution in [-0.2, 0) is 11.3 Å². The number of carbonyl (C=O) groups is 1. The van der Waals surface area contributed by atoms with Gasteiger partial charge in [0.1, 0.15) is 12.4 Å². The maximum Gasteiger partial charge on any atom is 0.332 e. The quantitative estimate of drug-likeness (QED) is 0.635. The van der Waals surface area contributed by atoms with Gasteiger partial charge in [-0.1, -0.05) is 12.8 Å². The second-order valence-corrected chi connectivity index (χ2v) is 7.76. The summed E-state index contributed by atoms with van der Waals surface area (Å²) >= 11 is 0. The van der Waals surface area contributed by atoms with Gasteiger partial charge >= 0.3 is 5.69 Å². The number of hydrogen-bond donors (Lipinski definition) is 1. The largest absolute Gasteiger partial charge is 0.493 e. The zero-order valence-corrected chi connectivity index (χ0v) is 17.9. The third-order valence-corrected chi connectivity index (χ3v) is 5.80. The highest BCUT2D eigenvalue weighted by Gasteiger charge is 2.25. The van der Waals surface area contributed by atoms with E-state index in [1.165, 1.54) is 59.8 Å². The van der Waals surface area contributed by atoms with Crippen molar-refractivity contribution in [2.24, 2.45) is 0 Å². The summed E-state index contributed by atoms with van der Waals surface area (Å²) in [7, 11) is 2.92. The number of ether oxygens (including phenoxy) is 2. The van der Waals surface area contributed by atoms with Crippen molar-refractivity contribution in [3.05, 3.63) is 63.1 Å². The summed E-state index contributed by atoms with van der Waals surface area (Å²) < 4.78 is 26.3. The predicted molar refractivity (Wildman–Crippen MR) is 118 cm³/mol. The smallest absolute Gasteiger partial charge is 0.332 e. The minimum atomic E-state index is -0.545. The molecule has 32 heavy (non-hydrogen) atoms. The Kier molecular flexibility index (Phi) is 5.98. The molecule has 8 nitrogen and oxygen atoms in total. The molecule has 0 atom stereocenters. The van der Waals surface area contributed by atoms with Crippen molar-refractivity contribution < 1.29 is 18.7 Å². The third kappa shape index (κ3) is 3.98. The molecule has 0 saturated heterocycles. The van der Waals surface area contributed by atoms with Crippen LogP contribution in [0.2, 0.25) is 0 Å². The minimum Gasteiger partial charge on any atom is -0.493 e. The zero-order valence-electron chi connectivity index (χ0n) is 17.9. The third-order valence-electron chi connectivity index (χ3n) is 5.80. The lowest BCUT2D eigenvalue weighted by atomic mass is 10.2. The number of carbonyl (C=O) groups excluding carboxylic acids is 1. The first-order valence-corrected chi connectivity index (χ1v) is 10.4. The Morgan fingerprint density at radius 1 is 1.06 bits per heavy atom. The highest BCUT2D eigenvalue weighted by Crippen LogP contribution is 2.32. The van der Waals surface area contributed by atoms with Gasteiger partial charge in [0.25, 0.3) is 5.56 Å². The summed E-state index contributed by atoms with van der Waals surface area (Å²) in [4.78, 5) is 39.4. The second kappa shape index (κ2) is 8.86. The number of benzene rings is 2. The minimum absolute atomic E-state index is 0.209. The summed E-state index contributed by atoms with van der Waals surface area (Å²) in [5, 5.41) is 2.92. The summed E-state index contributed by atoms with van der Waals surface area (Å²) in [6, 6.07) is 8.18. The molecule has 0 unspecified atom stereocenters. The van der Waals surface area contributed by atoms with Gasteiger partial charge in [-0.2, -0.15) is 0 Å². The molecule has 1 fully saturated rings. The van der Waals surface area contributed by atoms with Crippen molar-refractivity contribution >= 4 is 22.5 Å². The lowest BCUT2D eigenvalue weighted by Crippen LogP contribution is -2.43. The normalized spacial score (nSPS) is 14.0. The van der Waals surface area contributed by atoms with Crippen molar-refractivity contribution in [1.82, 2.24) is 9.13 Å². The van der Waals surface area contributed by atoms with Crippen LogP contribution in [0.15, 0.2) is 46.0 Å². The van der Waals surface area contributed by atoms with Gasteiger partial charge in [0.15, 0.2) is 11.5 Å². The van der Waals surface area contributed by atoms with Gasteiger partial charge in [-0.3, -0.25) is 18.7 Å². The molecular weight excluding hydrogens is 417 g/mol. The van der Waals surface area contributed by atoms with Gasteiger partial charge < -0.3 is 14.8 Å². The molecule has 1 heterocycles. The molecule has 0 spiro atoms. The Hall–Kier alpha value is -3.62. The van der Waals surface area contributed by atoms with E-state index >= 15 is 0 Å². The highest BCUT2D eigenvalue weighted by atomic mass is 19.1. The van der Waals surface area contributed by atoms with E-state index < -0.39 is 23.0 Å². The van der Waals surface area contributed by atoms with E-state index in [9.17, 15) is 18.8 Å². The molecule has 0 aliphatic heterocycles. The summed E-state index contributed by atoms with van der Waals surface area (Å²) in [5.41, 5.74) is -0.276. The second-order valence-electron chi connectivity index (χ2n) is 7.76. The van der Waals surface area contributed by atoms with Crippen LogP contribution in [0.4, 0.5) is 10.1 Å². The number of hydrogen-bond acceptors (Lipinski definition) is 5. The summed E-state index contributed by atoms with van der Waals surface area (Å²) in [6.07, 6.45) is 3.34. The molecule has 1 aromatic heterocycles. The average Bonchev–Trinajstić information content (AvgIpc) is 3.31. The number of methoxy groups -OCH3 is 2. The fourth-order valence-electron chi connectivity index (χ4n) is 4.23. The molecule has 1 aliphatic rings. The maximum atomic E-state index is 13.4. The van der Waals surface area contributed by atoms with Crippen LogP contribution in [0.1, 0.15) is 31.7 Å². The van der Waals surface area contributed by atoms with E-state index in [0.29, 0.717) is 17.2 Å². The number of nitrogens with zero attached hydrogens (tertiary/aromatic N) is 2. The van der Waals surface area contributed by atoms with Crippen molar-refractivity contribution in [3.63, 3.8) is 0 Å². The van der Waals surface area contributed by atoms with Gasteiger partial charge in [-0.15, -0.1) is 0 Å². The van der Waals surface area contributed by atoms with Crippen LogP contribution >= 0.6 is 0 Å². The molecular formula is C23H24FN3O5. The molecule has 1 N–H and O–H groups in total. The van der Waals surface area contributed by atoms with E-state index in [1.54, 1.807) is 0 Å². The maximum absolute atomic E-state index is 13.4. The van der Waals surface area contributed by atoms with Crippen molar-refractivity contribution in [1.29, 1.82) is 0 Å². The van der Waals surface area contributed by atoms with Crippen LogP contribution in [0.25, 0.3) is 10.9 Å². The van der Waals surface area contributed by atoms with Gasteiger partial charge in [0.2, 0.25) is 5.91 Å². The van der Waals surface area contributed by atoms with Crippen molar-refractivity contribution in [2.75, 3.05) is 19.5 Å². The zero-order chi connectivity index (χ0) is 22.8. The molecule has 0 radical (unpaired) electrons. The summed E-state index contributed by atoms with van der Waals surface area (Å²) in [5.74, 6) is -0.206. The number of halogens is 1. The number of nitrogens with one attached hydrogen (secondary N) is 1. The van der Waals surface area contributed by atoms with Crippen molar-refractivity contribution in [3.8, 4) is 11.5 Å². The van der Waals surface area contributed by atoms with Crippen LogP contribution in [0, 0.1) is 5.82 Å². The van der Waals surface area contributed by atoms with Crippen LogP contribution in [-0.4, -0.2) is 29.3 Å². The SMILES string of the molecule is COc1cc2c(=O)n(C3CCCC3)c(=O)n(CC(=O)Nc3ccc(F)cc3)c2cc1OC. The molecule has 4 rings (SSSR count). The van der Waals surface area contributed by atoms with E-state index in [2.05, 4.69) is 5.32 Å². The van der Waals surface area contributed by atoms with E-state index in [1.807, 2.05) is 0 Å². The molecule has 1 saturated carbocycles. The molecule has 3 aromatic rings. The fraction of sp³-hybridized carbons (Fsp3) is 0.348. The summed E-state index contributed by atoms with van der Waals surface area (Å²) in [6.45, 7) is -0.324. The number of aromatic nitrogens is 2. The van der Waals surface area contributed by atoms with E-state index in [0.717, 1.165) is 25.7 Å². The number of amides is 1. The van der Waals surface area contributed by atoms with Gasteiger partial charge in [-0.05, 0) is 43.2 Å². The first-order chi connectivity index (χ1) is 15.4. The molecule has 1 amide bonds. The first kappa shape index (κ1) is 21.6. The molecule has 168 valence electrons. The number of fused-ring (bicyclic) bond motifs is 1. The number of rotatable bonds is 6. The molecule has 0 bridgehead atoms. The monoisotopic (exact) mass is 441 g/mol.